The van der Waals surface area contributed by atoms with Crippen molar-refractivity contribution in [2.75, 3.05) is 19.8 Å². The number of hydrogen-bond donors (Lipinski definition) is 2. The molecule has 0 radical (unpaired) electrons. The minimum absolute atomic E-state index is 0.0336. The van der Waals surface area contributed by atoms with Crippen molar-refractivity contribution >= 4 is 22.8 Å². The highest BCUT2D eigenvalue weighted by Crippen LogP contribution is 2.18. The Morgan fingerprint density at radius 1 is 1.35 bits per heavy atom. The molecule has 1 saturated heterocycles. The molecule has 6 heteroatoms. The molecule has 1 amide bonds. The van der Waals surface area contributed by atoms with Crippen LogP contribution in [0.3, 0.4) is 0 Å². The lowest BCUT2D eigenvalue weighted by molar-refractivity contribution is -0.147. The number of hydrogen-bond acceptors (Lipinski definition) is 3. The first-order valence-corrected chi connectivity index (χ1v) is 6.35. The fourth-order valence-electron chi connectivity index (χ4n) is 2.40. The zero-order chi connectivity index (χ0) is 14.1. The van der Waals surface area contributed by atoms with Crippen LogP contribution in [-0.2, 0) is 9.53 Å². The third kappa shape index (κ3) is 2.14. The molecule has 1 aliphatic rings. The lowest BCUT2D eigenvalue weighted by Gasteiger charge is -2.32. The number of carboxylic acid groups (broad SMARTS) is 1. The minimum Gasteiger partial charge on any atom is -0.480 e. The van der Waals surface area contributed by atoms with E-state index in [4.69, 9.17) is 9.84 Å². The number of ether oxygens (including phenoxy) is 1. The van der Waals surface area contributed by atoms with Crippen LogP contribution in [0.15, 0.2) is 30.5 Å². The van der Waals surface area contributed by atoms with Gasteiger partial charge in [0.25, 0.3) is 5.91 Å². The molecule has 2 heterocycles. The Morgan fingerprint density at radius 2 is 2.20 bits per heavy atom. The van der Waals surface area contributed by atoms with Gasteiger partial charge in [-0.15, -0.1) is 0 Å². The van der Waals surface area contributed by atoms with Crippen molar-refractivity contribution in [1.82, 2.24) is 9.88 Å². The molecule has 1 aliphatic heterocycles. The maximum Gasteiger partial charge on any atom is 0.328 e. The standard InChI is InChI=1S/C14H14N2O4/c17-13(16-5-6-20-8-12(16)14(18)19)10-2-1-9-3-4-15-11(9)7-10/h1-4,7,12,15H,5-6,8H2,(H,18,19)/t12-/m0/s1. The summed E-state index contributed by atoms with van der Waals surface area (Å²) in [5, 5.41) is 10.2. The van der Waals surface area contributed by atoms with Gasteiger partial charge in [-0.25, -0.2) is 4.79 Å². The Hall–Kier alpha value is -2.34. The minimum atomic E-state index is -1.04. The summed E-state index contributed by atoms with van der Waals surface area (Å²) in [6, 6.07) is 6.29. The molecule has 1 aromatic carbocycles. The predicted octanol–water partition coefficient (Wildman–Crippen LogP) is 1.09. The van der Waals surface area contributed by atoms with Crippen LogP contribution in [0.25, 0.3) is 10.9 Å². The number of fused-ring (bicyclic) bond motifs is 1. The molecule has 3 rings (SSSR count). The Balaban J connectivity index is 1.91. The van der Waals surface area contributed by atoms with Gasteiger partial charge < -0.3 is 19.7 Å². The highest BCUT2D eigenvalue weighted by Gasteiger charge is 2.33. The highest BCUT2D eigenvalue weighted by atomic mass is 16.5. The van der Waals surface area contributed by atoms with E-state index in [1.54, 1.807) is 18.3 Å². The molecule has 0 unspecified atom stereocenters. The third-order valence-electron chi connectivity index (χ3n) is 3.48. The number of nitrogens with one attached hydrogen (secondary N) is 1. The Bertz CT molecular complexity index is 664. The summed E-state index contributed by atoms with van der Waals surface area (Å²) < 4.78 is 5.14. The van der Waals surface area contributed by atoms with E-state index in [0.717, 1.165) is 10.9 Å². The highest BCUT2D eigenvalue weighted by molar-refractivity contribution is 5.99. The molecule has 20 heavy (non-hydrogen) atoms. The number of carbonyl (C=O) groups is 2. The maximum absolute atomic E-state index is 12.5. The van der Waals surface area contributed by atoms with Crippen LogP contribution in [0.2, 0.25) is 0 Å². The molecule has 0 aliphatic carbocycles. The lowest BCUT2D eigenvalue weighted by Crippen LogP contribution is -2.52. The number of rotatable bonds is 2. The van der Waals surface area contributed by atoms with Crippen molar-refractivity contribution in [3.8, 4) is 0 Å². The van der Waals surface area contributed by atoms with Crippen LogP contribution in [0, 0.1) is 0 Å². The predicted molar refractivity (Wildman–Crippen MR) is 71.6 cm³/mol. The van der Waals surface area contributed by atoms with Gasteiger partial charge in [-0.2, -0.15) is 0 Å². The van der Waals surface area contributed by atoms with Crippen LogP contribution in [0.5, 0.6) is 0 Å². The molecule has 1 atom stereocenters. The van der Waals surface area contributed by atoms with Gasteiger partial charge in [-0.05, 0) is 23.6 Å². The number of aromatic amines is 1. The fraction of sp³-hybridized carbons (Fsp3) is 0.286. The number of carbonyl (C=O) groups excluding carboxylic acids is 1. The largest absolute Gasteiger partial charge is 0.480 e. The normalized spacial score (nSPS) is 19.2. The summed E-state index contributed by atoms with van der Waals surface area (Å²) in [6.07, 6.45) is 1.80. The van der Waals surface area contributed by atoms with Crippen LogP contribution in [-0.4, -0.2) is 52.7 Å². The second kappa shape index (κ2) is 4.97. The number of benzene rings is 1. The van der Waals surface area contributed by atoms with Crippen LogP contribution >= 0.6 is 0 Å². The molecule has 2 N–H and O–H groups in total. The maximum atomic E-state index is 12.5. The summed E-state index contributed by atoms with van der Waals surface area (Å²) in [5.74, 6) is -1.32. The van der Waals surface area contributed by atoms with E-state index in [1.807, 2.05) is 12.1 Å². The Kier molecular flexibility index (Phi) is 3.15. The number of aromatic nitrogens is 1. The molecular weight excluding hydrogens is 260 g/mol. The quantitative estimate of drug-likeness (QED) is 0.859. The average Bonchev–Trinajstić information content (AvgIpc) is 2.93. The zero-order valence-corrected chi connectivity index (χ0v) is 10.7. The summed E-state index contributed by atoms with van der Waals surface area (Å²) in [7, 11) is 0. The average molecular weight is 274 g/mol. The van der Waals surface area contributed by atoms with Gasteiger partial charge >= 0.3 is 5.97 Å². The lowest BCUT2D eigenvalue weighted by atomic mass is 10.1. The molecule has 1 aromatic heterocycles. The second-order valence-corrected chi connectivity index (χ2v) is 4.71. The Morgan fingerprint density at radius 3 is 3.00 bits per heavy atom. The molecule has 0 bridgehead atoms. The smallest absolute Gasteiger partial charge is 0.328 e. The van der Waals surface area contributed by atoms with E-state index >= 15 is 0 Å². The number of nitrogens with zero attached hydrogens (tertiary/aromatic N) is 1. The van der Waals surface area contributed by atoms with Crippen molar-refractivity contribution in [1.29, 1.82) is 0 Å². The first-order valence-electron chi connectivity index (χ1n) is 6.35. The van der Waals surface area contributed by atoms with E-state index < -0.39 is 12.0 Å². The molecule has 0 spiro atoms. The number of aliphatic carboxylic acids is 1. The van der Waals surface area contributed by atoms with Gasteiger partial charge in [0.05, 0.1) is 13.2 Å². The SMILES string of the molecule is O=C(O)[C@@H]1COCCN1C(=O)c1ccc2cc[nH]c2c1. The van der Waals surface area contributed by atoms with E-state index in [1.165, 1.54) is 4.90 Å². The Labute approximate surface area is 114 Å². The molecule has 2 aromatic rings. The summed E-state index contributed by atoms with van der Waals surface area (Å²) >= 11 is 0. The van der Waals surface area contributed by atoms with Crippen molar-refractivity contribution in [2.45, 2.75) is 6.04 Å². The van der Waals surface area contributed by atoms with Crippen molar-refractivity contribution in [2.24, 2.45) is 0 Å². The molecule has 0 saturated carbocycles. The number of amides is 1. The monoisotopic (exact) mass is 274 g/mol. The van der Waals surface area contributed by atoms with E-state index in [-0.39, 0.29) is 12.5 Å². The van der Waals surface area contributed by atoms with E-state index in [0.29, 0.717) is 18.7 Å². The molecule has 1 fully saturated rings. The third-order valence-corrected chi connectivity index (χ3v) is 3.48. The van der Waals surface area contributed by atoms with Gasteiger partial charge in [0, 0.05) is 23.8 Å². The summed E-state index contributed by atoms with van der Waals surface area (Å²) in [5.41, 5.74) is 1.34. The van der Waals surface area contributed by atoms with Gasteiger partial charge in [0.1, 0.15) is 0 Å². The number of H-pyrrole nitrogens is 1. The fourth-order valence-corrected chi connectivity index (χ4v) is 2.40. The van der Waals surface area contributed by atoms with Crippen molar-refractivity contribution in [3.63, 3.8) is 0 Å². The molecule has 104 valence electrons. The topological polar surface area (TPSA) is 82.6 Å². The molecular formula is C14H14N2O4. The number of carboxylic acids is 1. The first-order chi connectivity index (χ1) is 9.66. The van der Waals surface area contributed by atoms with E-state index in [9.17, 15) is 9.59 Å². The van der Waals surface area contributed by atoms with Crippen LogP contribution < -0.4 is 0 Å². The van der Waals surface area contributed by atoms with E-state index in [2.05, 4.69) is 4.98 Å². The number of morpholine rings is 1. The van der Waals surface area contributed by atoms with Crippen LogP contribution in [0.4, 0.5) is 0 Å². The van der Waals surface area contributed by atoms with Gasteiger partial charge in [0.15, 0.2) is 6.04 Å². The molecule has 6 nitrogen and oxygen atoms in total. The van der Waals surface area contributed by atoms with Gasteiger partial charge in [-0.1, -0.05) is 6.07 Å². The van der Waals surface area contributed by atoms with Gasteiger partial charge in [-0.3, -0.25) is 4.79 Å². The zero-order valence-electron chi connectivity index (χ0n) is 10.7. The van der Waals surface area contributed by atoms with Crippen LogP contribution in [0.1, 0.15) is 10.4 Å². The summed E-state index contributed by atoms with van der Waals surface area (Å²) in [6.45, 7) is 0.685. The van der Waals surface area contributed by atoms with Crippen molar-refractivity contribution in [3.05, 3.63) is 36.0 Å². The first kappa shape index (κ1) is 12.7. The van der Waals surface area contributed by atoms with Gasteiger partial charge in [0.2, 0.25) is 0 Å². The van der Waals surface area contributed by atoms with Crippen molar-refractivity contribution < 1.29 is 19.4 Å². The summed E-state index contributed by atoms with van der Waals surface area (Å²) in [4.78, 5) is 28.1. The second-order valence-electron chi connectivity index (χ2n) is 4.71.